The first-order valence-electron chi connectivity index (χ1n) is 10.4. The third-order valence-electron chi connectivity index (χ3n) is 5.48. The second-order valence-electron chi connectivity index (χ2n) is 7.77. The Morgan fingerprint density at radius 2 is 2.00 bits per heavy atom. The minimum Gasteiger partial charge on any atom is -0.340 e. The van der Waals surface area contributed by atoms with Crippen LogP contribution in [-0.2, 0) is 16.0 Å². The molecule has 2 amide bonds. The summed E-state index contributed by atoms with van der Waals surface area (Å²) in [7, 11) is 0. The highest BCUT2D eigenvalue weighted by atomic mass is 16.2. The Hall–Kier alpha value is -3.62. The molecular formula is C22H25N7O2. The number of tetrazole rings is 1. The van der Waals surface area contributed by atoms with Crippen LogP contribution in [0.25, 0.3) is 0 Å². The van der Waals surface area contributed by atoms with Crippen molar-refractivity contribution in [3.05, 3.63) is 66.1 Å². The van der Waals surface area contributed by atoms with Crippen molar-refractivity contribution in [2.45, 2.75) is 32.2 Å². The Balaban J connectivity index is 1.46. The number of carbonyl (C=O) groups excluding carboxylic acids is 2. The lowest BCUT2D eigenvalue weighted by molar-refractivity contribution is -0.138. The van der Waals surface area contributed by atoms with E-state index in [1.54, 1.807) is 11.0 Å². The van der Waals surface area contributed by atoms with E-state index in [2.05, 4.69) is 25.8 Å². The maximum absolute atomic E-state index is 13.4. The fourth-order valence-electron chi connectivity index (χ4n) is 3.89. The van der Waals surface area contributed by atoms with Crippen LogP contribution >= 0.6 is 0 Å². The maximum Gasteiger partial charge on any atom is 0.247 e. The van der Waals surface area contributed by atoms with Crippen molar-refractivity contribution in [1.82, 2.24) is 30.1 Å². The molecule has 9 heteroatoms. The van der Waals surface area contributed by atoms with E-state index in [4.69, 9.17) is 0 Å². The maximum atomic E-state index is 13.4. The minimum absolute atomic E-state index is 0.0812. The van der Waals surface area contributed by atoms with Crippen molar-refractivity contribution >= 4 is 17.6 Å². The van der Waals surface area contributed by atoms with Crippen LogP contribution in [0.2, 0.25) is 0 Å². The Bertz CT molecular complexity index is 1020. The molecule has 1 fully saturated rings. The monoisotopic (exact) mass is 419 g/mol. The number of aromatic nitrogens is 5. The summed E-state index contributed by atoms with van der Waals surface area (Å²) >= 11 is 0. The second-order valence-corrected chi connectivity index (χ2v) is 7.77. The van der Waals surface area contributed by atoms with E-state index < -0.39 is 6.04 Å². The van der Waals surface area contributed by atoms with Gasteiger partial charge < -0.3 is 10.2 Å². The van der Waals surface area contributed by atoms with Crippen molar-refractivity contribution in [2.24, 2.45) is 5.92 Å². The number of aryl methyl sites for hydroxylation is 1. The molecule has 1 saturated heterocycles. The van der Waals surface area contributed by atoms with Crippen LogP contribution in [-0.4, -0.2) is 55.0 Å². The van der Waals surface area contributed by atoms with Gasteiger partial charge in [0.25, 0.3) is 0 Å². The summed E-state index contributed by atoms with van der Waals surface area (Å²) in [6.45, 7) is 2.85. The summed E-state index contributed by atoms with van der Waals surface area (Å²) in [5.41, 5.74) is 1.86. The minimum atomic E-state index is -0.558. The van der Waals surface area contributed by atoms with E-state index in [1.807, 2.05) is 49.4 Å². The molecule has 2 aromatic heterocycles. The Kier molecular flexibility index (Phi) is 6.30. The van der Waals surface area contributed by atoms with Crippen molar-refractivity contribution in [3.8, 4) is 0 Å². The number of rotatable bonds is 6. The molecule has 0 saturated carbocycles. The highest BCUT2D eigenvalue weighted by Gasteiger charge is 2.33. The van der Waals surface area contributed by atoms with E-state index in [0.29, 0.717) is 25.3 Å². The van der Waals surface area contributed by atoms with Gasteiger partial charge in [-0.2, -0.15) is 0 Å². The molecule has 3 aromatic rings. The quantitative estimate of drug-likeness (QED) is 0.655. The van der Waals surface area contributed by atoms with Gasteiger partial charge in [-0.15, -0.1) is 5.10 Å². The number of piperidine rings is 1. The molecule has 2 atom stereocenters. The number of carbonyl (C=O) groups is 2. The highest BCUT2D eigenvalue weighted by Crippen LogP contribution is 2.23. The fraction of sp³-hybridized carbons (Fsp3) is 0.364. The number of benzene rings is 1. The molecule has 4 rings (SSSR count). The third-order valence-corrected chi connectivity index (χ3v) is 5.48. The van der Waals surface area contributed by atoms with Crippen LogP contribution in [0.15, 0.2) is 54.9 Å². The molecule has 0 aliphatic carbocycles. The number of pyridine rings is 1. The smallest absolute Gasteiger partial charge is 0.247 e. The molecule has 2 unspecified atom stereocenters. The number of hydrogen-bond acceptors (Lipinski definition) is 6. The van der Waals surface area contributed by atoms with Crippen molar-refractivity contribution in [2.75, 3.05) is 18.4 Å². The average Bonchev–Trinajstić information content (AvgIpc) is 3.32. The van der Waals surface area contributed by atoms with Gasteiger partial charge in [-0.1, -0.05) is 36.4 Å². The van der Waals surface area contributed by atoms with Gasteiger partial charge >= 0.3 is 0 Å². The molecule has 31 heavy (non-hydrogen) atoms. The van der Waals surface area contributed by atoms with Crippen molar-refractivity contribution in [1.29, 1.82) is 0 Å². The van der Waals surface area contributed by atoms with Crippen LogP contribution in [0.5, 0.6) is 0 Å². The normalized spacial score (nSPS) is 17.2. The number of likely N-dealkylation sites (tertiary alicyclic amines) is 1. The molecule has 1 aromatic carbocycles. The molecule has 0 radical (unpaired) electrons. The van der Waals surface area contributed by atoms with Gasteiger partial charge in [-0.05, 0) is 47.9 Å². The van der Waals surface area contributed by atoms with Gasteiger partial charge in [0.05, 0.1) is 5.92 Å². The first-order chi connectivity index (χ1) is 15.1. The van der Waals surface area contributed by atoms with Gasteiger partial charge in [0.2, 0.25) is 11.8 Å². The molecule has 1 aliphatic heterocycles. The fourth-order valence-corrected chi connectivity index (χ4v) is 3.89. The van der Waals surface area contributed by atoms with Gasteiger partial charge in [0, 0.05) is 25.2 Å². The Morgan fingerprint density at radius 3 is 2.74 bits per heavy atom. The zero-order valence-corrected chi connectivity index (χ0v) is 17.4. The summed E-state index contributed by atoms with van der Waals surface area (Å²) in [6, 6.07) is 14.7. The topological polar surface area (TPSA) is 106 Å². The third kappa shape index (κ3) is 5.11. The van der Waals surface area contributed by atoms with E-state index >= 15 is 0 Å². The summed E-state index contributed by atoms with van der Waals surface area (Å²) in [6.07, 6.45) is 3.43. The molecular weight excluding hydrogens is 394 g/mol. The highest BCUT2D eigenvalue weighted by molar-refractivity contribution is 5.92. The summed E-state index contributed by atoms with van der Waals surface area (Å²) in [5, 5.41) is 14.3. The number of anilines is 1. The van der Waals surface area contributed by atoms with E-state index in [9.17, 15) is 9.59 Å². The molecule has 0 bridgehead atoms. The largest absolute Gasteiger partial charge is 0.340 e. The van der Waals surface area contributed by atoms with Crippen molar-refractivity contribution in [3.63, 3.8) is 0 Å². The molecule has 3 heterocycles. The lowest BCUT2D eigenvalue weighted by Gasteiger charge is -2.34. The van der Waals surface area contributed by atoms with E-state index in [1.165, 1.54) is 11.0 Å². The Morgan fingerprint density at radius 1 is 1.16 bits per heavy atom. The summed E-state index contributed by atoms with van der Waals surface area (Å²) in [5.74, 6) is 0.0512. The SMILES string of the molecule is Cc1cccc(NC(=O)C2CCCN(C(=O)C(Cc3ccccc3)n3cnnn3)C2)n1. The lowest BCUT2D eigenvalue weighted by Crippen LogP contribution is -2.47. The number of hydrogen-bond donors (Lipinski definition) is 1. The standard InChI is InChI=1S/C22H25N7O2/c1-16-7-5-11-20(24-16)25-21(30)18-10-6-12-28(14-18)22(31)19(29-15-23-26-27-29)13-17-8-3-2-4-9-17/h2-5,7-9,11,15,18-19H,6,10,12-14H2,1H3,(H,24,25,30). The molecule has 160 valence electrons. The predicted molar refractivity (Wildman–Crippen MR) is 114 cm³/mol. The average molecular weight is 419 g/mol. The lowest BCUT2D eigenvalue weighted by atomic mass is 9.95. The molecule has 9 nitrogen and oxygen atoms in total. The van der Waals surface area contributed by atoms with Crippen LogP contribution in [0, 0.1) is 12.8 Å². The van der Waals surface area contributed by atoms with Gasteiger partial charge in [-0.3, -0.25) is 9.59 Å². The molecule has 0 spiro atoms. The zero-order chi connectivity index (χ0) is 21.6. The van der Waals surface area contributed by atoms with Crippen LogP contribution in [0.1, 0.15) is 30.1 Å². The number of nitrogens with one attached hydrogen (secondary N) is 1. The van der Waals surface area contributed by atoms with Crippen LogP contribution in [0.3, 0.4) is 0 Å². The van der Waals surface area contributed by atoms with Gasteiger partial charge in [0.1, 0.15) is 18.2 Å². The molecule has 1 N–H and O–H groups in total. The summed E-state index contributed by atoms with van der Waals surface area (Å²) in [4.78, 5) is 32.3. The summed E-state index contributed by atoms with van der Waals surface area (Å²) < 4.78 is 1.50. The van der Waals surface area contributed by atoms with Gasteiger partial charge in [-0.25, -0.2) is 9.67 Å². The van der Waals surface area contributed by atoms with Crippen LogP contribution in [0.4, 0.5) is 5.82 Å². The zero-order valence-electron chi connectivity index (χ0n) is 17.4. The van der Waals surface area contributed by atoms with Crippen LogP contribution < -0.4 is 5.32 Å². The van der Waals surface area contributed by atoms with E-state index in [0.717, 1.165) is 24.1 Å². The van der Waals surface area contributed by atoms with E-state index in [-0.39, 0.29) is 17.7 Å². The molecule has 1 aliphatic rings. The first kappa shape index (κ1) is 20.6. The van der Waals surface area contributed by atoms with Gasteiger partial charge in [0.15, 0.2) is 0 Å². The first-order valence-corrected chi connectivity index (χ1v) is 10.4. The Labute approximate surface area is 180 Å². The predicted octanol–water partition coefficient (Wildman–Crippen LogP) is 2.04. The number of nitrogens with zero attached hydrogens (tertiary/aromatic N) is 6. The number of amides is 2. The van der Waals surface area contributed by atoms with Crippen molar-refractivity contribution < 1.29 is 9.59 Å². The second kappa shape index (κ2) is 9.46.